The molecule has 0 amide bonds. The molecule has 1 saturated heterocycles. The summed E-state index contributed by atoms with van der Waals surface area (Å²) >= 11 is 0. The fraction of sp³-hybridized carbons (Fsp3) is 0.350. The molecule has 0 radical (unpaired) electrons. The van der Waals surface area contributed by atoms with Crippen LogP contribution in [0.3, 0.4) is 0 Å². The predicted molar refractivity (Wildman–Crippen MR) is 98.2 cm³/mol. The fourth-order valence-electron chi connectivity index (χ4n) is 3.57. The van der Waals surface area contributed by atoms with E-state index in [1.165, 1.54) is 22.4 Å². The van der Waals surface area contributed by atoms with Crippen molar-refractivity contribution < 1.29 is 0 Å². The third kappa shape index (κ3) is 2.83. The zero-order valence-corrected chi connectivity index (χ0v) is 14.4. The Balaban J connectivity index is 1.83. The number of nitrogens with one attached hydrogen (secondary N) is 1. The summed E-state index contributed by atoms with van der Waals surface area (Å²) in [6.45, 7) is 9.57. The zero-order chi connectivity index (χ0) is 16.5. The predicted octanol–water partition coefficient (Wildman–Crippen LogP) is 3.02. The Kier molecular flexibility index (Phi) is 4.08. The normalized spacial score (nSPS) is 15.9. The molecule has 4 nitrogen and oxygen atoms in total. The van der Waals surface area contributed by atoms with Crippen molar-refractivity contribution in [3.63, 3.8) is 0 Å². The summed E-state index contributed by atoms with van der Waals surface area (Å²) in [4.78, 5) is 7.47. The fourth-order valence-corrected chi connectivity index (χ4v) is 3.57. The van der Waals surface area contributed by atoms with Crippen molar-refractivity contribution in [2.24, 2.45) is 0 Å². The highest BCUT2D eigenvalue weighted by Gasteiger charge is 2.19. The number of rotatable bonds is 3. The number of imidazole rings is 1. The molecule has 0 bridgehead atoms. The molecule has 0 aliphatic carbocycles. The lowest BCUT2D eigenvalue weighted by atomic mass is 10.0. The van der Waals surface area contributed by atoms with E-state index in [0.717, 1.165) is 44.1 Å². The summed E-state index contributed by atoms with van der Waals surface area (Å²) < 4.78 is 2.25. The van der Waals surface area contributed by atoms with Gasteiger partial charge in [-0.1, -0.05) is 29.8 Å². The molecule has 4 heteroatoms. The first-order chi connectivity index (χ1) is 11.7. The quantitative estimate of drug-likeness (QED) is 0.805. The molecule has 4 rings (SSSR count). The van der Waals surface area contributed by atoms with Crippen molar-refractivity contribution >= 4 is 5.65 Å². The minimum absolute atomic E-state index is 0.940. The van der Waals surface area contributed by atoms with Gasteiger partial charge in [-0.05, 0) is 31.5 Å². The number of nitrogens with zero attached hydrogens (tertiary/aromatic N) is 3. The number of benzene rings is 1. The topological polar surface area (TPSA) is 32.6 Å². The molecular formula is C20H24N4. The van der Waals surface area contributed by atoms with Gasteiger partial charge in [0.2, 0.25) is 0 Å². The van der Waals surface area contributed by atoms with Crippen molar-refractivity contribution in [1.82, 2.24) is 19.6 Å². The molecule has 0 saturated carbocycles. The van der Waals surface area contributed by atoms with Crippen LogP contribution >= 0.6 is 0 Å². The van der Waals surface area contributed by atoms with Gasteiger partial charge in [-0.3, -0.25) is 4.90 Å². The molecule has 3 heterocycles. The Labute approximate surface area is 143 Å². The van der Waals surface area contributed by atoms with Crippen LogP contribution in [0.2, 0.25) is 0 Å². The van der Waals surface area contributed by atoms with Gasteiger partial charge >= 0.3 is 0 Å². The average Bonchev–Trinajstić information content (AvgIpc) is 2.94. The molecule has 2 aromatic heterocycles. The highest BCUT2D eigenvalue weighted by molar-refractivity contribution is 5.70. The Hall–Kier alpha value is -2.17. The van der Waals surface area contributed by atoms with E-state index in [-0.39, 0.29) is 0 Å². The van der Waals surface area contributed by atoms with E-state index >= 15 is 0 Å². The molecule has 0 unspecified atom stereocenters. The van der Waals surface area contributed by atoms with Crippen LogP contribution in [0, 0.1) is 13.8 Å². The minimum Gasteiger partial charge on any atom is -0.314 e. The Morgan fingerprint density at radius 3 is 2.71 bits per heavy atom. The number of fused-ring (bicyclic) bond motifs is 1. The molecule has 24 heavy (non-hydrogen) atoms. The van der Waals surface area contributed by atoms with Crippen LogP contribution in [0.5, 0.6) is 0 Å². The molecule has 0 spiro atoms. The third-order valence-corrected chi connectivity index (χ3v) is 4.85. The number of hydrogen-bond donors (Lipinski definition) is 1. The number of aromatic nitrogens is 2. The van der Waals surface area contributed by atoms with Gasteiger partial charge in [-0.25, -0.2) is 4.98 Å². The van der Waals surface area contributed by atoms with E-state index in [4.69, 9.17) is 4.98 Å². The van der Waals surface area contributed by atoms with Gasteiger partial charge in [-0.2, -0.15) is 0 Å². The second-order valence-corrected chi connectivity index (χ2v) is 6.68. The van der Waals surface area contributed by atoms with E-state index in [0.29, 0.717) is 0 Å². The van der Waals surface area contributed by atoms with Crippen molar-refractivity contribution in [1.29, 1.82) is 0 Å². The molecular weight excluding hydrogens is 296 g/mol. The second kappa shape index (κ2) is 6.38. The molecule has 1 aromatic carbocycles. The van der Waals surface area contributed by atoms with Crippen molar-refractivity contribution in [2.45, 2.75) is 20.4 Å². The van der Waals surface area contributed by atoms with Crippen LogP contribution in [-0.2, 0) is 6.54 Å². The molecule has 124 valence electrons. The smallest absolute Gasteiger partial charge is 0.137 e. The first-order valence-corrected chi connectivity index (χ1v) is 8.69. The lowest BCUT2D eigenvalue weighted by Gasteiger charge is -2.27. The maximum atomic E-state index is 4.96. The van der Waals surface area contributed by atoms with Crippen LogP contribution in [0.1, 0.15) is 16.8 Å². The highest BCUT2D eigenvalue weighted by atomic mass is 15.2. The van der Waals surface area contributed by atoms with E-state index < -0.39 is 0 Å². The zero-order valence-electron chi connectivity index (χ0n) is 14.4. The lowest BCUT2D eigenvalue weighted by molar-refractivity contribution is 0.230. The largest absolute Gasteiger partial charge is 0.314 e. The number of piperazine rings is 1. The van der Waals surface area contributed by atoms with Gasteiger partial charge in [-0.15, -0.1) is 0 Å². The number of pyridine rings is 1. The summed E-state index contributed by atoms with van der Waals surface area (Å²) in [5, 5.41) is 3.43. The Bertz CT molecular complexity index is 859. The maximum absolute atomic E-state index is 4.96. The van der Waals surface area contributed by atoms with Crippen molar-refractivity contribution in [3.05, 3.63) is 59.4 Å². The van der Waals surface area contributed by atoms with Crippen molar-refractivity contribution in [3.8, 4) is 11.3 Å². The Morgan fingerprint density at radius 1 is 1.08 bits per heavy atom. The van der Waals surface area contributed by atoms with Crippen LogP contribution in [-0.4, -0.2) is 40.5 Å². The Morgan fingerprint density at radius 2 is 1.92 bits per heavy atom. The average molecular weight is 320 g/mol. The van der Waals surface area contributed by atoms with Gasteiger partial charge < -0.3 is 9.72 Å². The van der Waals surface area contributed by atoms with E-state index in [1.54, 1.807) is 0 Å². The van der Waals surface area contributed by atoms with Crippen LogP contribution in [0.4, 0.5) is 0 Å². The number of aryl methyl sites for hydroxylation is 2. The first kappa shape index (κ1) is 15.4. The molecule has 1 aliphatic heterocycles. The molecule has 1 N–H and O–H groups in total. The minimum atomic E-state index is 0.940. The summed E-state index contributed by atoms with van der Waals surface area (Å²) in [6, 6.07) is 12.9. The van der Waals surface area contributed by atoms with Gasteiger partial charge in [0.15, 0.2) is 0 Å². The van der Waals surface area contributed by atoms with E-state index in [9.17, 15) is 0 Å². The van der Waals surface area contributed by atoms with Gasteiger partial charge in [0, 0.05) is 44.5 Å². The van der Waals surface area contributed by atoms with E-state index in [2.05, 4.69) is 71.1 Å². The molecule has 3 aromatic rings. The van der Waals surface area contributed by atoms with Gasteiger partial charge in [0.1, 0.15) is 5.65 Å². The first-order valence-electron chi connectivity index (χ1n) is 8.69. The van der Waals surface area contributed by atoms with Crippen LogP contribution < -0.4 is 5.32 Å². The summed E-state index contributed by atoms with van der Waals surface area (Å²) in [7, 11) is 0. The number of hydrogen-bond acceptors (Lipinski definition) is 3. The maximum Gasteiger partial charge on any atom is 0.137 e. The van der Waals surface area contributed by atoms with Crippen LogP contribution in [0.25, 0.3) is 16.9 Å². The summed E-state index contributed by atoms with van der Waals surface area (Å²) in [5.41, 5.74) is 7.27. The second-order valence-electron chi connectivity index (χ2n) is 6.68. The summed E-state index contributed by atoms with van der Waals surface area (Å²) in [6.07, 6.45) is 2.13. The SMILES string of the molecule is Cc1ccc(-c2nc3ccccn3c2CN2CCNCC2)c(C)c1. The molecule has 1 aliphatic rings. The standard InChI is InChI=1S/C20H24N4/c1-15-6-7-17(16(2)13-15)20-18(14-23-11-8-21-9-12-23)24-10-4-3-5-19(24)22-20/h3-7,10,13,21H,8-9,11-12,14H2,1-2H3. The van der Waals surface area contributed by atoms with E-state index in [1.807, 2.05) is 0 Å². The summed E-state index contributed by atoms with van der Waals surface area (Å²) in [5.74, 6) is 0. The lowest BCUT2D eigenvalue weighted by Crippen LogP contribution is -2.43. The van der Waals surface area contributed by atoms with Crippen LogP contribution in [0.15, 0.2) is 42.6 Å². The monoisotopic (exact) mass is 320 g/mol. The molecule has 1 fully saturated rings. The highest BCUT2D eigenvalue weighted by Crippen LogP contribution is 2.29. The van der Waals surface area contributed by atoms with Gasteiger partial charge in [0.05, 0.1) is 11.4 Å². The third-order valence-electron chi connectivity index (χ3n) is 4.85. The van der Waals surface area contributed by atoms with Crippen molar-refractivity contribution in [2.75, 3.05) is 26.2 Å². The molecule has 0 atom stereocenters. The van der Waals surface area contributed by atoms with Gasteiger partial charge in [0.25, 0.3) is 0 Å².